The lowest BCUT2D eigenvalue weighted by Gasteiger charge is -2.15. The first-order valence-electron chi connectivity index (χ1n) is 8.12. The highest BCUT2D eigenvalue weighted by Gasteiger charge is 2.13. The molecule has 0 aliphatic carbocycles. The first-order chi connectivity index (χ1) is 12.0. The number of methoxy groups -OCH3 is 1. The van der Waals surface area contributed by atoms with Gasteiger partial charge in [-0.2, -0.15) is 0 Å². The van der Waals surface area contributed by atoms with Crippen LogP contribution in [0.5, 0.6) is 11.5 Å². The number of anilines is 1. The zero-order chi connectivity index (χ0) is 18.2. The zero-order valence-corrected chi connectivity index (χ0v) is 16.4. The summed E-state index contributed by atoms with van der Waals surface area (Å²) in [5, 5.41) is 2.92. The van der Waals surface area contributed by atoms with Gasteiger partial charge in [0.15, 0.2) is 6.54 Å². The lowest BCUT2D eigenvalue weighted by Crippen LogP contribution is -3.10. The Bertz CT molecular complexity index is 704. The third-order valence-electron chi connectivity index (χ3n) is 3.70. The van der Waals surface area contributed by atoms with E-state index in [9.17, 15) is 4.79 Å². The van der Waals surface area contributed by atoms with E-state index in [4.69, 9.17) is 9.47 Å². The zero-order valence-electron chi connectivity index (χ0n) is 14.8. The van der Waals surface area contributed by atoms with Gasteiger partial charge in [-0.15, -0.1) is 0 Å². The van der Waals surface area contributed by atoms with E-state index in [2.05, 4.69) is 21.2 Å². The summed E-state index contributed by atoms with van der Waals surface area (Å²) in [6.07, 6.45) is 0. The number of hydrogen-bond acceptors (Lipinski definition) is 3. The molecule has 1 amide bonds. The van der Waals surface area contributed by atoms with Crippen LogP contribution in [0.2, 0.25) is 0 Å². The topological polar surface area (TPSA) is 52.0 Å². The molecule has 0 heterocycles. The van der Waals surface area contributed by atoms with Gasteiger partial charge in [-0.05, 0) is 48.9 Å². The molecule has 2 aromatic carbocycles. The summed E-state index contributed by atoms with van der Waals surface area (Å²) in [7, 11) is 3.56. The van der Waals surface area contributed by atoms with Crippen LogP contribution >= 0.6 is 15.9 Å². The number of quaternary nitrogens is 1. The molecule has 0 saturated heterocycles. The molecule has 2 aromatic rings. The lowest BCUT2D eigenvalue weighted by molar-refractivity contribution is -0.871. The number of benzene rings is 2. The largest absolute Gasteiger partial charge is 0.495 e. The van der Waals surface area contributed by atoms with Crippen molar-refractivity contribution >= 4 is 27.5 Å². The lowest BCUT2D eigenvalue weighted by atomic mass is 10.2. The minimum Gasteiger partial charge on any atom is -0.495 e. The van der Waals surface area contributed by atoms with Gasteiger partial charge in [-0.3, -0.25) is 4.79 Å². The smallest absolute Gasteiger partial charge is 0.279 e. The van der Waals surface area contributed by atoms with Crippen molar-refractivity contribution in [3.05, 3.63) is 52.5 Å². The maximum Gasteiger partial charge on any atom is 0.279 e. The van der Waals surface area contributed by atoms with Crippen LogP contribution in [-0.2, 0) is 4.79 Å². The Morgan fingerprint density at radius 3 is 2.60 bits per heavy atom. The third-order valence-corrected chi connectivity index (χ3v) is 4.23. The Labute approximate surface area is 157 Å². The van der Waals surface area contributed by atoms with E-state index in [1.165, 1.54) is 0 Å². The Morgan fingerprint density at radius 2 is 1.92 bits per heavy atom. The molecule has 5 nitrogen and oxygen atoms in total. The van der Waals surface area contributed by atoms with Crippen molar-refractivity contribution < 1.29 is 19.2 Å². The predicted octanol–water partition coefficient (Wildman–Crippen LogP) is 2.30. The first kappa shape index (κ1) is 19.3. The van der Waals surface area contributed by atoms with Crippen molar-refractivity contribution in [3.8, 4) is 11.5 Å². The summed E-state index contributed by atoms with van der Waals surface area (Å²) in [6, 6.07) is 13.4. The summed E-state index contributed by atoms with van der Waals surface area (Å²) in [4.78, 5) is 13.3. The molecule has 2 N–H and O–H groups in total. The number of rotatable bonds is 8. The second-order valence-electron chi connectivity index (χ2n) is 5.94. The quantitative estimate of drug-likeness (QED) is 0.705. The Hall–Kier alpha value is -2.05. The molecule has 0 spiro atoms. The molecule has 0 aromatic heterocycles. The molecule has 0 fully saturated rings. The monoisotopic (exact) mass is 407 g/mol. The van der Waals surface area contributed by atoms with Gasteiger partial charge in [0.1, 0.15) is 24.7 Å². The van der Waals surface area contributed by atoms with Gasteiger partial charge < -0.3 is 19.7 Å². The van der Waals surface area contributed by atoms with Crippen molar-refractivity contribution in [2.45, 2.75) is 6.92 Å². The van der Waals surface area contributed by atoms with E-state index < -0.39 is 0 Å². The van der Waals surface area contributed by atoms with Crippen LogP contribution in [0.15, 0.2) is 46.9 Å². The normalized spacial score (nSPS) is 11.7. The molecule has 0 radical (unpaired) electrons. The van der Waals surface area contributed by atoms with E-state index in [0.29, 0.717) is 24.6 Å². The molecule has 6 heteroatoms. The van der Waals surface area contributed by atoms with Crippen molar-refractivity contribution in [1.82, 2.24) is 0 Å². The van der Waals surface area contributed by atoms with Gasteiger partial charge in [-0.25, -0.2) is 0 Å². The fourth-order valence-corrected chi connectivity index (χ4v) is 2.61. The number of carbonyl (C=O) groups excluding carboxylic acids is 1. The van der Waals surface area contributed by atoms with Crippen LogP contribution in [-0.4, -0.2) is 39.8 Å². The fourth-order valence-electron chi connectivity index (χ4n) is 2.35. The standard InChI is InChI=1S/C19H23BrN2O3/c1-14-4-9-18(24-3)17(12-14)21-19(23)13-22(2)10-11-25-16-7-5-15(20)6-8-16/h4-9,12H,10-11,13H2,1-3H3,(H,21,23)/p+1. The second kappa shape index (κ2) is 9.44. The fraction of sp³-hybridized carbons (Fsp3) is 0.316. The van der Waals surface area contributed by atoms with E-state index in [-0.39, 0.29) is 5.91 Å². The van der Waals surface area contributed by atoms with Crippen LogP contribution in [0.25, 0.3) is 0 Å². The van der Waals surface area contributed by atoms with Gasteiger partial charge in [0.2, 0.25) is 0 Å². The number of halogens is 1. The second-order valence-corrected chi connectivity index (χ2v) is 6.85. The highest BCUT2D eigenvalue weighted by molar-refractivity contribution is 9.10. The van der Waals surface area contributed by atoms with Gasteiger partial charge in [-0.1, -0.05) is 22.0 Å². The van der Waals surface area contributed by atoms with Crippen LogP contribution in [0.4, 0.5) is 5.69 Å². The SMILES string of the molecule is COc1ccc(C)cc1NC(=O)C[NH+](C)CCOc1ccc(Br)cc1. The van der Waals surface area contributed by atoms with E-state index in [1.807, 2.05) is 56.4 Å². The van der Waals surface area contributed by atoms with Gasteiger partial charge in [0.25, 0.3) is 5.91 Å². The number of ether oxygens (including phenoxy) is 2. The average Bonchev–Trinajstić information content (AvgIpc) is 2.57. The van der Waals surface area contributed by atoms with Gasteiger partial charge in [0.05, 0.1) is 19.8 Å². The molecular weight excluding hydrogens is 384 g/mol. The maximum atomic E-state index is 12.2. The molecule has 1 unspecified atom stereocenters. The Morgan fingerprint density at radius 1 is 1.20 bits per heavy atom. The number of aryl methyl sites for hydroxylation is 1. The molecule has 1 atom stereocenters. The van der Waals surface area contributed by atoms with Crippen LogP contribution < -0.4 is 19.7 Å². The molecule has 0 aliphatic rings. The first-order valence-corrected chi connectivity index (χ1v) is 8.91. The third kappa shape index (κ3) is 6.40. The van der Waals surface area contributed by atoms with E-state index in [0.717, 1.165) is 27.2 Å². The van der Waals surface area contributed by atoms with Crippen molar-refractivity contribution in [2.75, 3.05) is 39.2 Å². The van der Waals surface area contributed by atoms with Crippen LogP contribution in [0.1, 0.15) is 5.56 Å². The number of amides is 1. The van der Waals surface area contributed by atoms with Crippen molar-refractivity contribution in [3.63, 3.8) is 0 Å². The van der Waals surface area contributed by atoms with Crippen LogP contribution in [0, 0.1) is 6.92 Å². The summed E-state index contributed by atoms with van der Waals surface area (Å²) in [6.45, 7) is 3.62. The average molecular weight is 408 g/mol. The number of nitrogens with one attached hydrogen (secondary N) is 2. The number of likely N-dealkylation sites (N-methyl/N-ethyl adjacent to an activating group) is 1. The Kier molecular flexibility index (Phi) is 7.28. The molecule has 134 valence electrons. The number of hydrogen-bond donors (Lipinski definition) is 2. The van der Waals surface area contributed by atoms with E-state index in [1.54, 1.807) is 7.11 Å². The summed E-state index contributed by atoms with van der Waals surface area (Å²) >= 11 is 3.39. The highest BCUT2D eigenvalue weighted by Crippen LogP contribution is 2.24. The van der Waals surface area contributed by atoms with Crippen molar-refractivity contribution in [2.24, 2.45) is 0 Å². The minimum atomic E-state index is -0.0509. The molecular formula is C19H24BrN2O3+. The summed E-state index contributed by atoms with van der Waals surface area (Å²) in [5.41, 5.74) is 1.77. The van der Waals surface area contributed by atoms with Gasteiger partial charge >= 0.3 is 0 Å². The highest BCUT2D eigenvalue weighted by atomic mass is 79.9. The predicted molar refractivity (Wildman–Crippen MR) is 103 cm³/mol. The molecule has 0 bridgehead atoms. The van der Waals surface area contributed by atoms with Crippen molar-refractivity contribution in [1.29, 1.82) is 0 Å². The molecule has 25 heavy (non-hydrogen) atoms. The van der Waals surface area contributed by atoms with Gasteiger partial charge in [0, 0.05) is 4.47 Å². The molecule has 0 saturated carbocycles. The van der Waals surface area contributed by atoms with Crippen LogP contribution in [0.3, 0.4) is 0 Å². The number of carbonyl (C=O) groups is 1. The summed E-state index contributed by atoms with van der Waals surface area (Å²) < 4.78 is 12.0. The molecule has 0 aliphatic heterocycles. The summed E-state index contributed by atoms with van der Waals surface area (Å²) in [5.74, 6) is 1.44. The Balaban J connectivity index is 1.78. The molecule has 2 rings (SSSR count). The minimum absolute atomic E-state index is 0.0509. The van der Waals surface area contributed by atoms with E-state index >= 15 is 0 Å². The maximum absolute atomic E-state index is 12.2.